The quantitative estimate of drug-likeness (QED) is 0.428. The van der Waals surface area contributed by atoms with Crippen molar-refractivity contribution in [2.24, 2.45) is 0 Å². The van der Waals surface area contributed by atoms with Crippen LogP contribution >= 0.6 is 61.7 Å². The van der Waals surface area contributed by atoms with Crippen molar-refractivity contribution >= 4 is 61.7 Å². The fourth-order valence-corrected chi connectivity index (χ4v) is 2.94. The minimum absolute atomic E-state index is 0.187. The van der Waals surface area contributed by atoms with Crippen LogP contribution in [0.25, 0.3) is 0 Å². The molecule has 0 spiro atoms. The average molecular weight is 457 g/mol. The third kappa shape index (κ3) is 3.59. The maximum absolute atomic E-state index is 6.13. The zero-order valence-electron chi connectivity index (χ0n) is 9.21. The van der Waals surface area contributed by atoms with E-state index in [1.165, 1.54) is 0 Å². The SMILES string of the molecule is Clc1cc(C(Br)Cc2ccncc2Cl)ccc1I. The van der Waals surface area contributed by atoms with Crippen LogP contribution in [0.1, 0.15) is 16.0 Å². The molecule has 0 aliphatic rings. The van der Waals surface area contributed by atoms with E-state index in [9.17, 15) is 0 Å². The smallest absolute Gasteiger partial charge is 0.0621 e. The minimum Gasteiger partial charge on any atom is -0.263 e. The van der Waals surface area contributed by atoms with Crippen LogP contribution in [0.4, 0.5) is 0 Å². The molecular weight excluding hydrogens is 448 g/mol. The standard InChI is InChI=1S/C13H9BrCl2IN/c14-10(5-9-3-4-18-7-12(9)16)8-1-2-13(17)11(15)6-8/h1-4,6-7,10H,5H2. The van der Waals surface area contributed by atoms with Gasteiger partial charge in [-0.25, -0.2) is 0 Å². The van der Waals surface area contributed by atoms with Crippen LogP contribution in [0.15, 0.2) is 36.7 Å². The van der Waals surface area contributed by atoms with Crippen LogP contribution in [0.3, 0.4) is 0 Å². The number of hydrogen-bond donors (Lipinski definition) is 0. The van der Waals surface area contributed by atoms with Gasteiger partial charge in [0.15, 0.2) is 0 Å². The molecule has 0 radical (unpaired) electrons. The summed E-state index contributed by atoms with van der Waals surface area (Å²) in [5, 5.41) is 1.47. The molecule has 1 nitrogen and oxygen atoms in total. The summed E-state index contributed by atoms with van der Waals surface area (Å²) in [6.07, 6.45) is 4.22. The largest absolute Gasteiger partial charge is 0.263 e. The van der Waals surface area contributed by atoms with Crippen molar-refractivity contribution in [2.45, 2.75) is 11.2 Å². The summed E-state index contributed by atoms with van der Waals surface area (Å²) in [5.41, 5.74) is 2.22. The van der Waals surface area contributed by atoms with E-state index < -0.39 is 0 Å². The summed E-state index contributed by atoms with van der Waals surface area (Å²) in [7, 11) is 0. The highest BCUT2D eigenvalue weighted by molar-refractivity contribution is 14.1. The number of aromatic nitrogens is 1. The van der Waals surface area contributed by atoms with Gasteiger partial charge in [0.25, 0.3) is 0 Å². The Labute approximate surface area is 138 Å². The minimum atomic E-state index is 0.187. The molecule has 1 heterocycles. The highest BCUT2D eigenvalue weighted by Crippen LogP contribution is 2.32. The van der Waals surface area contributed by atoms with Gasteiger partial charge in [0, 0.05) is 20.8 Å². The summed E-state index contributed by atoms with van der Waals surface area (Å²) in [6.45, 7) is 0. The normalized spacial score (nSPS) is 12.4. The fraction of sp³-hybridized carbons (Fsp3) is 0.154. The average Bonchev–Trinajstić information content (AvgIpc) is 2.35. The molecule has 1 unspecified atom stereocenters. The Balaban J connectivity index is 2.19. The molecule has 0 saturated heterocycles. The third-order valence-corrected chi connectivity index (χ3v) is 5.33. The maximum Gasteiger partial charge on any atom is 0.0621 e. The monoisotopic (exact) mass is 455 g/mol. The lowest BCUT2D eigenvalue weighted by Gasteiger charge is -2.12. The van der Waals surface area contributed by atoms with Crippen molar-refractivity contribution in [3.63, 3.8) is 0 Å². The number of nitrogens with zero attached hydrogens (tertiary/aromatic N) is 1. The maximum atomic E-state index is 6.13. The number of hydrogen-bond acceptors (Lipinski definition) is 1. The summed E-state index contributed by atoms with van der Waals surface area (Å²) in [6, 6.07) is 8.01. The second-order valence-corrected chi connectivity index (χ2v) is 6.89. The van der Waals surface area contributed by atoms with E-state index >= 15 is 0 Å². The van der Waals surface area contributed by atoms with Crippen molar-refractivity contribution in [1.29, 1.82) is 0 Å². The van der Waals surface area contributed by atoms with Gasteiger partial charge in [0.05, 0.1) is 10.0 Å². The predicted molar refractivity (Wildman–Crippen MR) is 88.8 cm³/mol. The lowest BCUT2D eigenvalue weighted by molar-refractivity contribution is 0.944. The van der Waals surface area contributed by atoms with Gasteiger partial charge in [-0.1, -0.05) is 45.2 Å². The molecule has 2 rings (SSSR count). The second kappa shape index (κ2) is 6.55. The van der Waals surface area contributed by atoms with Crippen molar-refractivity contribution in [3.8, 4) is 0 Å². The first-order valence-electron chi connectivity index (χ1n) is 5.25. The van der Waals surface area contributed by atoms with E-state index in [-0.39, 0.29) is 4.83 Å². The van der Waals surface area contributed by atoms with Crippen molar-refractivity contribution < 1.29 is 0 Å². The Morgan fingerprint density at radius 2 is 2.00 bits per heavy atom. The lowest BCUT2D eigenvalue weighted by Crippen LogP contribution is -1.97. The number of alkyl halides is 1. The molecule has 0 saturated carbocycles. The Bertz CT molecular complexity index is 562. The molecule has 1 aromatic heterocycles. The van der Waals surface area contributed by atoms with Gasteiger partial charge in [-0.15, -0.1) is 0 Å². The molecular formula is C13H9BrCl2IN. The lowest BCUT2D eigenvalue weighted by atomic mass is 10.1. The predicted octanol–water partition coefficient (Wildman–Crippen LogP) is 5.67. The van der Waals surface area contributed by atoms with Gasteiger partial charge in [0.1, 0.15) is 0 Å². The van der Waals surface area contributed by atoms with Crippen molar-refractivity contribution in [1.82, 2.24) is 4.98 Å². The highest BCUT2D eigenvalue weighted by Gasteiger charge is 2.12. The Hall–Kier alpha value is 0.160. The van der Waals surface area contributed by atoms with E-state index in [0.29, 0.717) is 5.02 Å². The van der Waals surface area contributed by atoms with Crippen molar-refractivity contribution in [2.75, 3.05) is 0 Å². The summed E-state index contributed by atoms with van der Waals surface area (Å²) >= 11 is 18.1. The summed E-state index contributed by atoms with van der Waals surface area (Å²) < 4.78 is 1.06. The molecule has 0 aliphatic heterocycles. The van der Waals surface area contributed by atoms with Gasteiger partial charge in [-0.05, 0) is 58.3 Å². The molecule has 2 aromatic rings. The Kier molecular flexibility index (Phi) is 5.30. The third-order valence-electron chi connectivity index (χ3n) is 2.56. The number of halogens is 4. The molecule has 0 amide bonds. The summed E-state index contributed by atoms with van der Waals surface area (Å²) in [4.78, 5) is 4.17. The molecule has 18 heavy (non-hydrogen) atoms. The molecule has 94 valence electrons. The molecule has 5 heteroatoms. The van der Waals surface area contributed by atoms with E-state index in [4.69, 9.17) is 23.2 Å². The first-order chi connectivity index (χ1) is 8.58. The Morgan fingerprint density at radius 3 is 2.67 bits per heavy atom. The van der Waals surface area contributed by atoms with Gasteiger partial charge in [0.2, 0.25) is 0 Å². The number of pyridine rings is 1. The molecule has 0 bridgehead atoms. The van der Waals surface area contributed by atoms with Crippen LogP contribution in [-0.2, 0) is 6.42 Å². The molecule has 0 aliphatic carbocycles. The first-order valence-corrected chi connectivity index (χ1v) is 8.00. The van der Waals surface area contributed by atoms with Crippen LogP contribution in [0.5, 0.6) is 0 Å². The van der Waals surface area contributed by atoms with Crippen LogP contribution in [0, 0.1) is 3.57 Å². The van der Waals surface area contributed by atoms with E-state index in [1.807, 2.05) is 18.2 Å². The van der Waals surface area contributed by atoms with E-state index in [2.05, 4.69) is 49.6 Å². The van der Waals surface area contributed by atoms with Gasteiger partial charge in [-0.2, -0.15) is 0 Å². The van der Waals surface area contributed by atoms with Crippen LogP contribution in [-0.4, -0.2) is 4.98 Å². The van der Waals surface area contributed by atoms with E-state index in [1.54, 1.807) is 12.4 Å². The zero-order chi connectivity index (χ0) is 13.1. The van der Waals surface area contributed by atoms with Crippen LogP contribution in [0.2, 0.25) is 10.0 Å². The number of benzene rings is 1. The van der Waals surface area contributed by atoms with Gasteiger partial charge in [-0.3, -0.25) is 4.98 Å². The number of rotatable bonds is 3. The molecule has 0 fully saturated rings. The molecule has 1 aromatic carbocycles. The molecule has 0 N–H and O–H groups in total. The van der Waals surface area contributed by atoms with Gasteiger partial charge < -0.3 is 0 Å². The topological polar surface area (TPSA) is 12.9 Å². The first kappa shape index (κ1) is 14.6. The fourth-order valence-electron chi connectivity index (χ4n) is 1.59. The highest BCUT2D eigenvalue weighted by atomic mass is 127. The second-order valence-electron chi connectivity index (χ2n) is 3.81. The van der Waals surface area contributed by atoms with Crippen LogP contribution < -0.4 is 0 Å². The zero-order valence-corrected chi connectivity index (χ0v) is 14.5. The molecule has 1 atom stereocenters. The van der Waals surface area contributed by atoms with E-state index in [0.717, 1.165) is 26.1 Å². The van der Waals surface area contributed by atoms with Crippen molar-refractivity contribution in [3.05, 3.63) is 61.4 Å². The summed E-state index contributed by atoms with van der Waals surface area (Å²) in [5.74, 6) is 0. The van der Waals surface area contributed by atoms with Gasteiger partial charge >= 0.3 is 0 Å². The Morgan fingerprint density at radius 1 is 1.22 bits per heavy atom.